The maximum Gasteiger partial charge on any atom is 0.408 e. The summed E-state index contributed by atoms with van der Waals surface area (Å²) in [6.07, 6.45) is 1.70. The summed E-state index contributed by atoms with van der Waals surface area (Å²) in [5, 5.41) is 4.57. The van der Waals surface area contributed by atoms with Gasteiger partial charge in [-0.1, -0.05) is 6.42 Å². The average Bonchev–Trinajstić information content (AvgIpc) is 2.80. The average molecular weight is 342 g/mol. The van der Waals surface area contributed by atoms with Gasteiger partial charge < -0.3 is 14.8 Å². The van der Waals surface area contributed by atoms with E-state index in [1.165, 1.54) is 0 Å². The molecule has 0 aromatic rings. The van der Waals surface area contributed by atoms with Gasteiger partial charge in [-0.25, -0.2) is 9.59 Å². The first-order chi connectivity index (χ1) is 10.9. The number of hydrazine groups is 1. The van der Waals surface area contributed by atoms with E-state index in [1.54, 1.807) is 41.5 Å². The number of hydrogen-bond acceptors (Lipinski definition) is 4. The van der Waals surface area contributed by atoms with Crippen molar-refractivity contribution in [2.75, 3.05) is 0 Å². The molecule has 1 aliphatic carbocycles. The molecular weight excluding hydrogens is 312 g/mol. The lowest BCUT2D eigenvalue weighted by atomic mass is 9.94. The fourth-order valence-corrected chi connectivity index (χ4v) is 2.79. The van der Waals surface area contributed by atoms with Crippen LogP contribution in [-0.2, 0) is 14.3 Å². The summed E-state index contributed by atoms with van der Waals surface area (Å²) in [5.74, 6) is -0.725. The van der Waals surface area contributed by atoms with Crippen LogP contribution < -0.4 is 16.0 Å². The predicted molar refractivity (Wildman–Crippen MR) is 87.6 cm³/mol. The Labute approximate surface area is 143 Å². The molecule has 0 aliphatic heterocycles. The second kappa shape index (κ2) is 7.81. The van der Waals surface area contributed by atoms with Gasteiger partial charge in [0.15, 0.2) is 0 Å². The molecular formula is C16H30N4O4. The number of carbonyl (C=O) groups excluding carboxylic acids is 2. The first-order valence-electron chi connectivity index (χ1n) is 8.30. The van der Waals surface area contributed by atoms with E-state index in [9.17, 15) is 9.59 Å². The van der Waals surface area contributed by atoms with E-state index in [1.807, 2.05) is 5.22 Å². The number of hydrogen-bond donors (Lipinski definition) is 3. The van der Waals surface area contributed by atoms with Crippen molar-refractivity contribution < 1.29 is 24.3 Å². The SMILES string of the molecule is CC(C)(C)OC(=O)N[C@@H](C(=O)OC(C)(C)C)[C@H]1CCC[C@H]1N[NH+]=[N-]. The third-order valence-corrected chi connectivity index (χ3v) is 3.58. The lowest BCUT2D eigenvalue weighted by Crippen LogP contribution is -2.79. The topological polar surface area (TPSA) is 113 Å². The molecule has 0 unspecified atom stereocenters. The lowest BCUT2D eigenvalue weighted by Gasteiger charge is -2.31. The van der Waals surface area contributed by atoms with Crippen LogP contribution in [0.1, 0.15) is 60.8 Å². The highest BCUT2D eigenvalue weighted by Crippen LogP contribution is 2.29. The van der Waals surface area contributed by atoms with E-state index in [-0.39, 0.29) is 12.0 Å². The molecule has 0 heterocycles. The molecule has 1 saturated carbocycles. The Kier molecular flexibility index (Phi) is 6.57. The Morgan fingerprint density at radius 1 is 1.08 bits per heavy atom. The van der Waals surface area contributed by atoms with Gasteiger partial charge in [0.1, 0.15) is 17.2 Å². The zero-order valence-electron chi connectivity index (χ0n) is 15.4. The van der Waals surface area contributed by atoms with E-state index in [0.717, 1.165) is 19.3 Å². The Hall–Kier alpha value is -1.86. The van der Waals surface area contributed by atoms with E-state index < -0.39 is 29.3 Å². The number of ether oxygens (including phenoxy) is 2. The third kappa shape index (κ3) is 6.72. The van der Waals surface area contributed by atoms with Crippen molar-refractivity contribution in [2.45, 2.75) is 84.1 Å². The van der Waals surface area contributed by atoms with Crippen LogP contribution in [0.2, 0.25) is 0 Å². The number of esters is 1. The van der Waals surface area contributed by atoms with Gasteiger partial charge in [0, 0.05) is 6.04 Å². The molecule has 1 aliphatic rings. The lowest BCUT2D eigenvalue weighted by molar-refractivity contribution is -0.556. The number of nitrogens with one attached hydrogen (secondary N) is 3. The van der Waals surface area contributed by atoms with Gasteiger partial charge >= 0.3 is 12.1 Å². The van der Waals surface area contributed by atoms with E-state index in [4.69, 9.17) is 15.0 Å². The van der Waals surface area contributed by atoms with Crippen molar-refractivity contribution in [3.05, 3.63) is 5.53 Å². The fourth-order valence-electron chi connectivity index (χ4n) is 2.79. The van der Waals surface area contributed by atoms with Crippen LogP contribution in [0.5, 0.6) is 0 Å². The molecule has 24 heavy (non-hydrogen) atoms. The highest BCUT2D eigenvalue weighted by Gasteiger charge is 2.40. The molecule has 0 bridgehead atoms. The Balaban J connectivity index is 2.92. The third-order valence-electron chi connectivity index (χ3n) is 3.58. The van der Waals surface area contributed by atoms with Crippen molar-refractivity contribution in [2.24, 2.45) is 5.92 Å². The minimum Gasteiger partial charge on any atom is -0.458 e. The Morgan fingerprint density at radius 2 is 1.67 bits per heavy atom. The summed E-state index contributed by atoms with van der Waals surface area (Å²) in [5.41, 5.74) is 10.3. The molecule has 1 rings (SSSR count). The molecule has 0 radical (unpaired) electrons. The number of rotatable bonds is 5. The second-order valence-corrected chi connectivity index (χ2v) is 8.11. The van der Waals surface area contributed by atoms with Gasteiger partial charge in [0.2, 0.25) is 0 Å². The first-order valence-corrected chi connectivity index (χ1v) is 8.30. The first kappa shape index (κ1) is 20.2. The standard InChI is InChI=1S/C16H30N4O4/c1-15(2,3)23-13(21)12(18-14(22)24-16(4,5)6)10-8-7-9-11(10)19-20-17/h10-12,20H,7-9H2,1-6H3,(H2-,17,18,19,22)/t10-,11+,12+/m0/s1. The summed E-state index contributed by atoms with van der Waals surface area (Å²) in [7, 11) is 0. The molecule has 3 atom stereocenters. The van der Waals surface area contributed by atoms with Crippen molar-refractivity contribution >= 4 is 12.1 Å². The van der Waals surface area contributed by atoms with Crippen molar-refractivity contribution in [3.8, 4) is 0 Å². The van der Waals surface area contributed by atoms with Gasteiger partial charge in [-0.05, 0) is 60.3 Å². The van der Waals surface area contributed by atoms with Gasteiger partial charge in [-0.15, -0.1) is 0 Å². The second-order valence-electron chi connectivity index (χ2n) is 8.11. The maximum atomic E-state index is 12.6. The predicted octanol–water partition coefficient (Wildman–Crippen LogP) is 0.997. The van der Waals surface area contributed by atoms with Gasteiger partial charge in [-0.3, -0.25) is 5.43 Å². The maximum absolute atomic E-state index is 12.6. The summed E-state index contributed by atoms with van der Waals surface area (Å²) < 4.78 is 10.7. The molecule has 1 fully saturated rings. The molecule has 1 amide bonds. The van der Waals surface area contributed by atoms with Crippen LogP contribution in [0, 0.1) is 5.92 Å². The van der Waals surface area contributed by atoms with E-state index in [0.29, 0.717) is 0 Å². The highest BCUT2D eigenvalue weighted by atomic mass is 16.6. The largest absolute Gasteiger partial charge is 0.458 e. The summed E-state index contributed by atoms with van der Waals surface area (Å²) in [6, 6.07) is -1.02. The number of alkyl carbamates (subject to hydrolysis) is 1. The molecule has 0 aromatic heterocycles. The van der Waals surface area contributed by atoms with E-state index >= 15 is 0 Å². The zero-order valence-corrected chi connectivity index (χ0v) is 15.4. The molecule has 0 spiro atoms. The van der Waals surface area contributed by atoms with Crippen LogP contribution >= 0.6 is 0 Å². The van der Waals surface area contributed by atoms with Crippen molar-refractivity contribution in [1.82, 2.24) is 10.7 Å². The van der Waals surface area contributed by atoms with Gasteiger partial charge in [-0.2, -0.15) is 10.8 Å². The summed E-state index contributed by atoms with van der Waals surface area (Å²) >= 11 is 0. The minimum atomic E-state index is -0.854. The number of nitrogens with zero attached hydrogens (tertiary/aromatic N) is 1. The van der Waals surface area contributed by atoms with Gasteiger partial charge in [0.05, 0.1) is 0 Å². The Morgan fingerprint density at radius 3 is 2.17 bits per heavy atom. The van der Waals surface area contributed by atoms with Crippen LogP contribution in [-0.4, -0.2) is 35.3 Å². The summed E-state index contributed by atoms with van der Waals surface area (Å²) in [6.45, 7) is 10.6. The van der Waals surface area contributed by atoms with Crippen LogP contribution in [0.25, 0.3) is 5.53 Å². The highest BCUT2D eigenvalue weighted by molar-refractivity contribution is 5.82. The normalized spacial score (nSPS) is 22.4. The molecule has 3 N–H and O–H groups in total. The number of carbonyl (C=O) groups is 2. The van der Waals surface area contributed by atoms with Crippen LogP contribution in [0.15, 0.2) is 0 Å². The summed E-state index contributed by atoms with van der Waals surface area (Å²) in [4.78, 5) is 24.7. The zero-order chi connectivity index (χ0) is 18.5. The van der Waals surface area contributed by atoms with E-state index in [2.05, 4.69) is 10.7 Å². The quantitative estimate of drug-likeness (QED) is 0.392. The van der Waals surface area contributed by atoms with Crippen molar-refractivity contribution in [3.63, 3.8) is 0 Å². The Bertz CT molecular complexity index is 468. The molecule has 0 aromatic carbocycles. The van der Waals surface area contributed by atoms with Crippen LogP contribution in [0.4, 0.5) is 4.79 Å². The van der Waals surface area contributed by atoms with Crippen LogP contribution in [0.3, 0.4) is 0 Å². The van der Waals surface area contributed by atoms with Crippen molar-refractivity contribution in [1.29, 1.82) is 0 Å². The molecule has 8 nitrogen and oxygen atoms in total. The molecule has 8 heteroatoms. The number of amides is 1. The smallest absolute Gasteiger partial charge is 0.408 e. The fraction of sp³-hybridized carbons (Fsp3) is 0.875. The monoisotopic (exact) mass is 342 g/mol. The minimum absolute atomic E-state index is 0.164. The van der Waals surface area contributed by atoms with Gasteiger partial charge in [0.25, 0.3) is 0 Å². The molecule has 138 valence electrons. The molecule has 0 saturated heterocycles.